The Morgan fingerprint density at radius 2 is 2.31 bits per heavy atom. The zero-order valence-corrected chi connectivity index (χ0v) is 11.3. The molecule has 2 N–H and O–H groups in total. The van der Waals surface area contributed by atoms with Gasteiger partial charge >= 0.3 is 0 Å². The SMILES string of the molecule is NCC1CCCOC1c1cc(Cl)ccc1Br. The van der Waals surface area contributed by atoms with Crippen molar-refractivity contribution in [1.82, 2.24) is 0 Å². The van der Waals surface area contributed by atoms with Gasteiger partial charge < -0.3 is 10.5 Å². The maximum Gasteiger partial charge on any atom is 0.0876 e. The molecule has 1 fully saturated rings. The summed E-state index contributed by atoms with van der Waals surface area (Å²) in [5, 5.41) is 0.739. The Hall–Kier alpha value is -0.0900. The van der Waals surface area contributed by atoms with Crippen LogP contribution in [0.4, 0.5) is 0 Å². The average Bonchev–Trinajstić information content (AvgIpc) is 2.32. The summed E-state index contributed by atoms with van der Waals surface area (Å²) >= 11 is 9.56. The van der Waals surface area contributed by atoms with Crippen LogP contribution in [0, 0.1) is 5.92 Å². The first kappa shape index (κ1) is 12.4. The van der Waals surface area contributed by atoms with Gasteiger partial charge in [0.05, 0.1) is 6.10 Å². The number of ether oxygens (including phenoxy) is 1. The quantitative estimate of drug-likeness (QED) is 0.907. The number of benzene rings is 1. The molecule has 1 aliphatic rings. The minimum atomic E-state index is 0.0758. The maximum absolute atomic E-state index is 6.02. The second-order valence-corrected chi connectivity index (χ2v) is 5.39. The lowest BCUT2D eigenvalue weighted by molar-refractivity contribution is -0.0255. The second kappa shape index (κ2) is 5.50. The fourth-order valence-electron chi connectivity index (χ4n) is 2.16. The molecule has 88 valence electrons. The van der Waals surface area contributed by atoms with E-state index >= 15 is 0 Å². The second-order valence-electron chi connectivity index (χ2n) is 4.10. The molecule has 0 aromatic heterocycles. The maximum atomic E-state index is 6.02. The topological polar surface area (TPSA) is 35.2 Å². The average molecular weight is 305 g/mol. The van der Waals surface area contributed by atoms with Gasteiger partial charge in [-0.25, -0.2) is 0 Å². The molecule has 1 aromatic carbocycles. The molecule has 2 unspecified atom stereocenters. The highest BCUT2D eigenvalue weighted by Crippen LogP contribution is 2.37. The molecular weight excluding hydrogens is 289 g/mol. The van der Waals surface area contributed by atoms with E-state index < -0.39 is 0 Å². The van der Waals surface area contributed by atoms with Gasteiger partial charge in [0.2, 0.25) is 0 Å². The molecule has 1 aromatic rings. The molecule has 0 saturated carbocycles. The predicted molar refractivity (Wildman–Crippen MR) is 69.6 cm³/mol. The normalized spacial score (nSPS) is 25.7. The van der Waals surface area contributed by atoms with E-state index in [0.29, 0.717) is 12.5 Å². The van der Waals surface area contributed by atoms with E-state index in [1.807, 2.05) is 18.2 Å². The molecule has 2 atom stereocenters. The van der Waals surface area contributed by atoms with Gasteiger partial charge in [-0.05, 0) is 43.1 Å². The summed E-state index contributed by atoms with van der Waals surface area (Å²) in [4.78, 5) is 0. The number of hydrogen-bond acceptors (Lipinski definition) is 2. The van der Waals surface area contributed by atoms with E-state index in [0.717, 1.165) is 34.5 Å². The van der Waals surface area contributed by atoms with Gasteiger partial charge in [-0.3, -0.25) is 0 Å². The highest BCUT2D eigenvalue weighted by Gasteiger charge is 2.27. The molecule has 4 heteroatoms. The Labute approximate surface area is 109 Å². The largest absolute Gasteiger partial charge is 0.373 e. The van der Waals surface area contributed by atoms with Gasteiger partial charge in [0, 0.05) is 22.0 Å². The number of nitrogens with two attached hydrogens (primary N) is 1. The van der Waals surface area contributed by atoms with Crippen molar-refractivity contribution >= 4 is 27.5 Å². The van der Waals surface area contributed by atoms with Crippen molar-refractivity contribution in [2.24, 2.45) is 11.7 Å². The smallest absolute Gasteiger partial charge is 0.0876 e. The van der Waals surface area contributed by atoms with Gasteiger partial charge in [0.1, 0.15) is 0 Å². The van der Waals surface area contributed by atoms with Gasteiger partial charge in [-0.1, -0.05) is 27.5 Å². The molecule has 0 radical (unpaired) electrons. The summed E-state index contributed by atoms with van der Waals surface area (Å²) in [6.07, 6.45) is 2.29. The molecule has 0 amide bonds. The van der Waals surface area contributed by atoms with E-state index in [2.05, 4.69) is 15.9 Å². The van der Waals surface area contributed by atoms with Crippen LogP contribution in [-0.2, 0) is 4.74 Å². The zero-order chi connectivity index (χ0) is 11.5. The molecule has 2 rings (SSSR count). The Kier molecular flexibility index (Phi) is 4.25. The van der Waals surface area contributed by atoms with Crippen molar-refractivity contribution in [2.75, 3.05) is 13.2 Å². The van der Waals surface area contributed by atoms with Crippen LogP contribution >= 0.6 is 27.5 Å². The number of rotatable bonds is 2. The molecule has 16 heavy (non-hydrogen) atoms. The van der Waals surface area contributed by atoms with E-state index in [9.17, 15) is 0 Å². The molecule has 1 aliphatic heterocycles. The Morgan fingerprint density at radius 3 is 3.06 bits per heavy atom. The summed E-state index contributed by atoms with van der Waals surface area (Å²) in [7, 11) is 0. The fraction of sp³-hybridized carbons (Fsp3) is 0.500. The van der Waals surface area contributed by atoms with Gasteiger partial charge in [-0.15, -0.1) is 0 Å². The molecule has 2 nitrogen and oxygen atoms in total. The minimum Gasteiger partial charge on any atom is -0.373 e. The summed E-state index contributed by atoms with van der Waals surface area (Å²) in [5.41, 5.74) is 6.90. The first-order valence-electron chi connectivity index (χ1n) is 5.49. The van der Waals surface area contributed by atoms with Crippen LogP contribution in [0.2, 0.25) is 5.02 Å². The molecular formula is C12H15BrClNO. The van der Waals surface area contributed by atoms with Crippen LogP contribution in [0.1, 0.15) is 24.5 Å². The Balaban J connectivity index is 2.30. The molecule has 1 heterocycles. The zero-order valence-electron chi connectivity index (χ0n) is 8.96. The molecule has 0 aliphatic carbocycles. The van der Waals surface area contributed by atoms with E-state index in [4.69, 9.17) is 22.1 Å². The Bertz CT molecular complexity index is 372. The van der Waals surface area contributed by atoms with Crippen molar-refractivity contribution in [3.05, 3.63) is 33.3 Å². The summed E-state index contributed by atoms with van der Waals surface area (Å²) < 4.78 is 6.88. The van der Waals surface area contributed by atoms with E-state index in [1.54, 1.807) is 0 Å². The van der Waals surface area contributed by atoms with Gasteiger partial charge in [-0.2, -0.15) is 0 Å². The van der Waals surface area contributed by atoms with Crippen LogP contribution < -0.4 is 5.73 Å². The Morgan fingerprint density at radius 1 is 1.50 bits per heavy atom. The van der Waals surface area contributed by atoms with Gasteiger partial charge in [0.25, 0.3) is 0 Å². The number of halogens is 2. The first-order valence-corrected chi connectivity index (χ1v) is 6.66. The third kappa shape index (κ3) is 2.59. The van der Waals surface area contributed by atoms with Crippen LogP contribution in [0.5, 0.6) is 0 Å². The van der Waals surface area contributed by atoms with E-state index in [1.165, 1.54) is 0 Å². The monoisotopic (exact) mass is 303 g/mol. The summed E-state index contributed by atoms with van der Waals surface area (Å²) in [6.45, 7) is 1.46. The summed E-state index contributed by atoms with van der Waals surface area (Å²) in [6, 6.07) is 5.79. The summed E-state index contributed by atoms with van der Waals surface area (Å²) in [5.74, 6) is 0.392. The first-order chi connectivity index (χ1) is 7.72. The van der Waals surface area contributed by atoms with Crippen molar-refractivity contribution in [1.29, 1.82) is 0 Å². The third-order valence-corrected chi connectivity index (χ3v) is 3.97. The minimum absolute atomic E-state index is 0.0758. The predicted octanol–water partition coefficient (Wildman–Crippen LogP) is 3.53. The van der Waals surface area contributed by atoms with Crippen LogP contribution in [0.3, 0.4) is 0 Å². The molecule has 1 saturated heterocycles. The fourth-order valence-corrected chi connectivity index (χ4v) is 2.81. The lowest BCUT2D eigenvalue weighted by Crippen LogP contribution is -2.28. The lowest BCUT2D eigenvalue weighted by Gasteiger charge is -2.31. The van der Waals surface area contributed by atoms with Crippen LogP contribution in [-0.4, -0.2) is 13.2 Å². The highest BCUT2D eigenvalue weighted by molar-refractivity contribution is 9.10. The van der Waals surface area contributed by atoms with Crippen molar-refractivity contribution in [3.8, 4) is 0 Å². The highest BCUT2D eigenvalue weighted by atomic mass is 79.9. The van der Waals surface area contributed by atoms with Crippen LogP contribution in [0.15, 0.2) is 22.7 Å². The number of hydrogen-bond donors (Lipinski definition) is 1. The van der Waals surface area contributed by atoms with Crippen molar-refractivity contribution in [2.45, 2.75) is 18.9 Å². The third-order valence-electron chi connectivity index (χ3n) is 3.01. The lowest BCUT2D eigenvalue weighted by atomic mass is 9.90. The van der Waals surface area contributed by atoms with E-state index in [-0.39, 0.29) is 6.10 Å². The van der Waals surface area contributed by atoms with Crippen molar-refractivity contribution in [3.63, 3.8) is 0 Å². The van der Waals surface area contributed by atoms with Gasteiger partial charge in [0.15, 0.2) is 0 Å². The standard InChI is InChI=1S/C12H15BrClNO/c13-11-4-3-9(14)6-10(11)12-8(7-15)2-1-5-16-12/h3-4,6,8,12H,1-2,5,7,15H2. The molecule has 0 bridgehead atoms. The van der Waals surface area contributed by atoms with Crippen LogP contribution in [0.25, 0.3) is 0 Å². The molecule has 0 spiro atoms. The van der Waals surface area contributed by atoms with Crippen molar-refractivity contribution < 1.29 is 4.74 Å².